The molecule has 2 unspecified atom stereocenters. The summed E-state index contributed by atoms with van der Waals surface area (Å²) in [6.45, 7) is 7.25. The van der Waals surface area contributed by atoms with E-state index in [-0.39, 0.29) is 11.9 Å². The number of piperidine rings is 1. The molecule has 0 radical (unpaired) electrons. The number of rotatable bonds is 7. The second kappa shape index (κ2) is 9.35. The lowest BCUT2D eigenvalue weighted by atomic mass is 10.00. The van der Waals surface area contributed by atoms with E-state index < -0.39 is 0 Å². The van der Waals surface area contributed by atoms with E-state index in [9.17, 15) is 4.79 Å². The molecule has 0 aromatic heterocycles. The van der Waals surface area contributed by atoms with Crippen molar-refractivity contribution in [3.8, 4) is 0 Å². The molecule has 2 heterocycles. The van der Waals surface area contributed by atoms with Crippen LogP contribution in [0.3, 0.4) is 0 Å². The van der Waals surface area contributed by atoms with Crippen molar-refractivity contribution in [1.29, 1.82) is 0 Å². The lowest BCUT2D eigenvalue weighted by molar-refractivity contribution is -0.126. The third-order valence-corrected chi connectivity index (χ3v) is 5.79. The summed E-state index contributed by atoms with van der Waals surface area (Å²) in [5.74, 6) is 0.165. The zero-order chi connectivity index (χ0) is 17.5. The molecule has 1 N–H and O–H groups in total. The summed E-state index contributed by atoms with van der Waals surface area (Å²) in [7, 11) is 0. The second-order valence-electron chi connectivity index (χ2n) is 7.44. The highest BCUT2D eigenvalue weighted by atomic mass is 16.2. The van der Waals surface area contributed by atoms with E-state index in [1.165, 1.54) is 45.1 Å². The number of amides is 1. The Bertz CT molecular complexity index is 527. The summed E-state index contributed by atoms with van der Waals surface area (Å²) in [5.41, 5.74) is 1.12. The molecule has 2 atom stereocenters. The van der Waals surface area contributed by atoms with Gasteiger partial charge in [0.2, 0.25) is 5.91 Å². The van der Waals surface area contributed by atoms with Gasteiger partial charge in [0.15, 0.2) is 0 Å². The Morgan fingerprint density at radius 2 is 1.84 bits per heavy atom. The number of likely N-dealkylation sites (tertiary alicyclic amines) is 2. The van der Waals surface area contributed by atoms with Gasteiger partial charge in [-0.3, -0.25) is 14.6 Å². The molecule has 1 aromatic rings. The maximum absolute atomic E-state index is 13.0. The van der Waals surface area contributed by atoms with Gasteiger partial charge < -0.3 is 5.32 Å². The van der Waals surface area contributed by atoms with Crippen LogP contribution in [0.25, 0.3) is 0 Å². The number of hydrogen-bond acceptors (Lipinski definition) is 3. The first-order valence-corrected chi connectivity index (χ1v) is 10.1. The van der Waals surface area contributed by atoms with Crippen LogP contribution in [0, 0.1) is 0 Å². The minimum absolute atomic E-state index is 0.132. The molecule has 2 fully saturated rings. The van der Waals surface area contributed by atoms with Crippen LogP contribution in [0.4, 0.5) is 0 Å². The van der Waals surface area contributed by atoms with Gasteiger partial charge in [-0.2, -0.15) is 0 Å². The predicted molar refractivity (Wildman–Crippen MR) is 103 cm³/mol. The fourth-order valence-corrected chi connectivity index (χ4v) is 4.40. The van der Waals surface area contributed by atoms with Crippen LogP contribution in [-0.4, -0.2) is 54.5 Å². The average Bonchev–Trinajstić information content (AvgIpc) is 3.17. The van der Waals surface area contributed by atoms with E-state index in [0.717, 1.165) is 31.7 Å². The highest BCUT2D eigenvalue weighted by Crippen LogP contribution is 2.25. The third-order valence-electron chi connectivity index (χ3n) is 5.79. The second-order valence-corrected chi connectivity index (χ2v) is 7.44. The van der Waals surface area contributed by atoms with Crippen molar-refractivity contribution < 1.29 is 4.79 Å². The van der Waals surface area contributed by atoms with Crippen molar-refractivity contribution in [2.24, 2.45) is 0 Å². The highest BCUT2D eigenvalue weighted by molar-refractivity contribution is 5.83. The molecule has 1 amide bonds. The van der Waals surface area contributed by atoms with Crippen molar-refractivity contribution >= 4 is 5.91 Å². The molecular weight excluding hydrogens is 310 g/mol. The first-order valence-electron chi connectivity index (χ1n) is 10.1. The number of carbonyl (C=O) groups excluding carboxylic acids is 1. The summed E-state index contributed by atoms with van der Waals surface area (Å²) in [4.78, 5) is 17.9. The van der Waals surface area contributed by atoms with E-state index in [2.05, 4.69) is 34.2 Å². The largest absolute Gasteiger partial charge is 0.353 e. The first-order chi connectivity index (χ1) is 12.3. The van der Waals surface area contributed by atoms with Gasteiger partial charge in [0.25, 0.3) is 0 Å². The molecule has 1 aromatic carbocycles. The maximum Gasteiger partial charge on any atom is 0.242 e. The van der Waals surface area contributed by atoms with Crippen LogP contribution < -0.4 is 5.32 Å². The molecule has 0 aliphatic carbocycles. The molecule has 25 heavy (non-hydrogen) atoms. The summed E-state index contributed by atoms with van der Waals surface area (Å²) in [6.07, 6.45) is 7.57. The normalized spacial score (nSPS) is 23.5. The van der Waals surface area contributed by atoms with Crippen LogP contribution in [-0.2, 0) is 4.79 Å². The van der Waals surface area contributed by atoms with Gasteiger partial charge in [-0.05, 0) is 57.3 Å². The SMILES string of the molecule is CCC1CCCCN1CCNC(=O)C(c1ccccc1)N1CCCC1. The minimum atomic E-state index is -0.132. The molecule has 138 valence electrons. The Labute approximate surface area is 152 Å². The highest BCUT2D eigenvalue weighted by Gasteiger charge is 2.29. The van der Waals surface area contributed by atoms with Crippen molar-refractivity contribution in [3.63, 3.8) is 0 Å². The van der Waals surface area contributed by atoms with Crippen molar-refractivity contribution in [1.82, 2.24) is 15.1 Å². The Kier molecular flexibility index (Phi) is 6.88. The third kappa shape index (κ3) is 4.83. The molecule has 0 bridgehead atoms. The fourth-order valence-electron chi connectivity index (χ4n) is 4.40. The Morgan fingerprint density at radius 1 is 1.12 bits per heavy atom. The van der Waals surface area contributed by atoms with Crippen LogP contribution in [0.5, 0.6) is 0 Å². The molecular formula is C21H33N3O. The number of carbonyl (C=O) groups is 1. The first kappa shape index (κ1) is 18.4. The van der Waals surface area contributed by atoms with E-state index in [1.54, 1.807) is 0 Å². The zero-order valence-electron chi connectivity index (χ0n) is 15.6. The minimum Gasteiger partial charge on any atom is -0.353 e. The Hall–Kier alpha value is -1.39. The quantitative estimate of drug-likeness (QED) is 0.826. The average molecular weight is 344 g/mol. The number of benzene rings is 1. The lowest BCUT2D eigenvalue weighted by Crippen LogP contribution is -2.45. The van der Waals surface area contributed by atoms with E-state index in [0.29, 0.717) is 6.04 Å². The van der Waals surface area contributed by atoms with E-state index in [4.69, 9.17) is 0 Å². The Morgan fingerprint density at radius 3 is 2.56 bits per heavy atom. The van der Waals surface area contributed by atoms with Crippen molar-refractivity contribution in [3.05, 3.63) is 35.9 Å². The number of nitrogens with one attached hydrogen (secondary N) is 1. The number of nitrogens with zero attached hydrogens (tertiary/aromatic N) is 2. The molecule has 4 heteroatoms. The summed E-state index contributed by atoms with van der Waals surface area (Å²) in [5, 5.41) is 3.23. The van der Waals surface area contributed by atoms with Crippen LogP contribution in [0.1, 0.15) is 57.1 Å². The summed E-state index contributed by atoms with van der Waals surface area (Å²) in [6, 6.07) is 10.8. The van der Waals surface area contributed by atoms with Gasteiger partial charge in [-0.25, -0.2) is 0 Å². The maximum atomic E-state index is 13.0. The van der Waals surface area contributed by atoms with Crippen molar-refractivity contribution in [2.75, 3.05) is 32.7 Å². The lowest BCUT2D eigenvalue weighted by Gasteiger charge is -2.35. The summed E-state index contributed by atoms with van der Waals surface area (Å²) >= 11 is 0. The zero-order valence-corrected chi connectivity index (χ0v) is 15.6. The molecule has 2 aliphatic heterocycles. The van der Waals surface area contributed by atoms with Gasteiger partial charge in [-0.15, -0.1) is 0 Å². The molecule has 0 saturated carbocycles. The van der Waals surface area contributed by atoms with Crippen LogP contribution >= 0.6 is 0 Å². The molecule has 0 spiro atoms. The fraction of sp³-hybridized carbons (Fsp3) is 0.667. The molecule has 4 nitrogen and oxygen atoms in total. The van der Waals surface area contributed by atoms with Gasteiger partial charge in [0.1, 0.15) is 6.04 Å². The van der Waals surface area contributed by atoms with Gasteiger partial charge >= 0.3 is 0 Å². The van der Waals surface area contributed by atoms with E-state index in [1.807, 2.05) is 18.2 Å². The van der Waals surface area contributed by atoms with Gasteiger partial charge in [-0.1, -0.05) is 43.7 Å². The Balaban J connectivity index is 1.57. The van der Waals surface area contributed by atoms with E-state index >= 15 is 0 Å². The number of hydrogen-bond donors (Lipinski definition) is 1. The predicted octanol–water partition coefficient (Wildman–Crippen LogP) is 3.20. The van der Waals surface area contributed by atoms with Gasteiger partial charge in [0.05, 0.1) is 0 Å². The molecule has 3 rings (SSSR count). The van der Waals surface area contributed by atoms with Crippen LogP contribution in [0.2, 0.25) is 0 Å². The standard InChI is InChI=1S/C21H33N3O/c1-2-19-12-6-7-14-23(19)17-13-22-21(25)20(24-15-8-9-16-24)18-10-4-3-5-11-18/h3-5,10-11,19-20H,2,6-9,12-17H2,1H3,(H,22,25). The molecule has 2 aliphatic rings. The van der Waals surface area contributed by atoms with Crippen LogP contribution in [0.15, 0.2) is 30.3 Å². The smallest absolute Gasteiger partial charge is 0.242 e. The van der Waals surface area contributed by atoms with Crippen molar-refractivity contribution in [2.45, 2.75) is 57.5 Å². The molecule has 2 saturated heterocycles. The monoisotopic (exact) mass is 343 g/mol. The summed E-state index contributed by atoms with van der Waals surface area (Å²) < 4.78 is 0. The van der Waals surface area contributed by atoms with Gasteiger partial charge in [0, 0.05) is 19.1 Å². The topological polar surface area (TPSA) is 35.6 Å².